The van der Waals surface area contributed by atoms with Crippen molar-refractivity contribution in [1.29, 1.82) is 0 Å². The average Bonchev–Trinajstić information content (AvgIpc) is 3.29. The number of hydrogen-bond donors (Lipinski definition) is 1. The number of hydrogen-bond acceptors (Lipinski definition) is 6. The molecule has 0 fully saturated rings. The van der Waals surface area contributed by atoms with Crippen LogP contribution in [0.15, 0.2) is 48.5 Å². The van der Waals surface area contributed by atoms with E-state index in [9.17, 15) is 4.79 Å². The Labute approximate surface area is 185 Å². The average molecular weight is 436 g/mol. The number of ether oxygens (including phenoxy) is 2. The van der Waals surface area contributed by atoms with E-state index in [1.807, 2.05) is 48.6 Å². The number of esters is 1. The quantitative estimate of drug-likeness (QED) is 0.390. The predicted octanol–water partition coefficient (Wildman–Crippen LogP) is 5.48. The van der Waals surface area contributed by atoms with Crippen LogP contribution in [0.4, 0.5) is 5.82 Å². The number of fused-ring (bicyclic) bond motifs is 1. The first-order valence-corrected chi connectivity index (χ1v) is 11.0. The SMILES string of the molecule is CCOC(=O)c1sc2nc(-c3cccc(C)c3)c(NCc3ccc(OC)cc3)n2c1C. The van der Waals surface area contributed by atoms with Gasteiger partial charge in [0.1, 0.15) is 22.1 Å². The Morgan fingerprint density at radius 2 is 1.94 bits per heavy atom. The number of anilines is 1. The second-order valence-electron chi connectivity index (χ2n) is 7.24. The van der Waals surface area contributed by atoms with Crippen molar-refractivity contribution in [3.63, 3.8) is 0 Å². The first-order chi connectivity index (χ1) is 15.0. The summed E-state index contributed by atoms with van der Waals surface area (Å²) in [6.07, 6.45) is 0. The largest absolute Gasteiger partial charge is 0.497 e. The lowest BCUT2D eigenvalue weighted by Gasteiger charge is -2.11. The number of aromatic nitrogens is 2. The molecular formula is C24H25N3O3S. The predicted molar refractivity (Wildman–Crippen MR) is 124 cm³/mol. The van der Waals surface area contributed by atoms with Gasteiger partial charge in [-0.25, -0.2) is 9.78 Å². The summed E-state index contributed by atoms with van der Waals surface area (Å²) in [5, 5.41) is 3.55. The number of imidazole rings is 1. The lowest BCUT2D eigenvalue weighted by atomic mass is 10.1. The molecule has 2 heterocycles. The summed E-state index contributed by atoms with van der Waals surface area (Å²) in [5.41, 5.74) is 5.00. The maximum absolute atomic E-state index is 12.4. The lowest BCUT2D eigenvalue weighted by molar-refractivity contribution is 0.0531. The van der Waals surface area contributed by atoms with Crippen molar-refractivity contribution in [2.75, 3.05) is 19.0 Å². The fourth-order valence-electron chi connectivity index (χ4n) is 3.52. The lowest BCUT2D eigenvalue weighted by Crippen LogP contribution is -2.07. The number of rotatable bonds is 7. The van der Waals surface area contributed by atoms with Crippen molar-refractivity contribution in [3.8, 4) is 17.0 Å². The molecule has 0 bridgehead atoms. The Bertz CT molecular complexity index is 1230. The van der Waals surface area contributed by atoms with Gasteiger partial charge in [0.2, 0.25) is 0 Å². The molecule has 160 valence electrons. The zero-order valence-corrected chi connectivity index (χ0v) is 18.9. The zero-order valence-electron chi connectivity index (χ0n) is 18.1. The molecule has 0 aliphatic carbocycles. The summed E-state index contributed by atoms with van der Waals surface area (Å²) < 4.78 is 12.5. The Morgan fingerprint density at radius 3 is 2.61 bits per heavy atom. The molecule has 31 heavy (non-hydrogen) atoms. The smallest absolute Gasteiger partial charge is 0.350 e. The van der Waals surface area contributed by atoms with Crippen LogP contribution in [0.5, 0.6) is 5.75 Å². The normalized spacial score (nSPS) is 11.0. The van der Waals surface area contributed by atoms with Crippen LogP contribution >= 0.6 is 11.3 Å². The van der Waals surface area contributed by atoms with Gasteiger partial charge in [-0.05, 0) is 44.5 Å². The molecular weight excluding hydrogens is 410 g/mol. The number of carbonyl (C=O) groups excluding carboxylic acids is 1. The highest BCUT2D eigenvalue weighted by Crippen LogP contribution is 2.35. The topological polar surface area (TPSA) is 64.9 Å². The van der Waals surface area contributed by atoms with Crippen LogP contribution in [0.2, 0.25) is 0 Å². The summed E-state index contributed by atoms with van der Waals surface area (Å²) in [6, 6.07) is 16.2. The van der Waals surface area contributed by atoms with Gasteiger partial charge < -0.3 is 14.8 Å². The van der Waals surface area contributed by atoms with E-state index in [0.29, 0.717) is 18.0 Å². The highest BCUT2D eigenvalue weighted by atomic mass is 32.1. The van der Waals surface area contributed by atoms with E-state index in [4.69, 9.17) is 14.5 Å². The molecule has 0 aliphatic rings. The third kappa shape index (κ3) is 4.14. The van der Waals surface area contributed by atoms with E-state index in [2.05, 4.69) is 30.4 Å². The van der Waals surface area contributed by atoms with Crippen molar-refractivity contribution in [3.05, 3.63) is 70.2 Å². The molecule has 4 aromatic rings. The number of nitrogens with one attached hydrogen (secondary N) is 1. The molecule has 6 nitrogen and oxygen atoms in total. The number of thiazole rings is 1. The maximum Gasteiger partial charge on any atom is 0.350 e. The van der Waals surface area contributed by atoms with Gasteiger partial charge in [0, 0.05) is 17.8 Å². The molecule has 0 unspecified atom stereocenters. The molecule has 0 aliphatic heterocycles. The molecule has 4 rings (SSSR count). The van der Waals surface area contributed by atoms with Gasteiger partial charge in [-0.1, -0.05) is 47.2 Å². The molecule has 0 radical (unpaired) electrons. The van der Waals surface area contributed by atoms with Crippen LogP contribution in [0, 0.1) is 13.8 Å². The molecule has 7 heteroatoms. The fraction of sp³-hybridized carbons (Fsp3) is 0.250. The second-order valence-corrected chi connectivity index (χ2v) is 8.21. The van der Waals surface area contributed by atoms with Crippen molar-refractivity contribution < 1.29 is 14.3 Å². The number of methoxy groups -OCH3 is 1. The zero-order chi connectivity index (χ0) is 22.0. The first kappa shape index (κ1) is 20.9. The van der Waals surface area contributed by atoms with Gasteiger partial charge in [-0.15, -0.1) is 0 Å². The minimum Gasteiger partial charge on any atom is -0.497 e. The van der Waals surface area contributed by atoms with Crippen molar-refractivity contribution >= 4 is 28.1 Å². The van der Waals surface area contributed by atoms with Crippen LogP contribution in [0.3, 0.4) is 0 Å². The van der Waals surface area contributed by atoms with Crippen molar-refractivity contribution in [2.45, 2.75) is 27.3 Å². The molecule has 2 aromatic heterocycles. The molecule has 0 atom stereocenters. The number of aryl methyl sites for hydroxylation is 2. The monoisotopic (exact) mass is 435 g/mol. The van der Waals surface area contributed by atoms with Gasteiger partial charge in [-0.2, -0.15) is 0 Å². The van der Waals surface area contributed by atoms with E-state index in [-0.39, 0.29) is 5.97 Å². The minimum absolute atomic E-state index is 0.311. The molecule has 2 aromatic carbocycles. The van der Waals surface area contributed by atoms with Crippen molar-refractivity contribution in [1.82, 2.24) is 9.38 Å². The Hall–Kier alpha value is -3.32. The molecule has 1 N–H and O–H groups in total. The van der Waals surface area contributed by atoms with Crippen LogP contribution in [-0.4, -0.2) is 29.1 Å². The molecule has 0 amide bonds. The summed E-state index contributed by atoms with van der Waals surface area (Å²) in [7, 11) is 1.66. The van der Waals surface area contributed by atoms with Crippen LogP contribution < -0.4 is 10.1 Å². The van der Waals surface area contributed by atoms with Gasteiger partial charge in [0.05, 0.1) is 13.7 Å². The van der Waals surface area contributed by atoms with Crippen LogP contribution in [-0.2, 0) is 11.3 Å². The van der Waals surface area contributed by atoms with E-state index in [1.165, 1.54) is 16.9 Å². The Balaban J connectivity index is 1.77. The number of carbonyl (C=O) groups is 1. The fourth-order valence-corrected chi connectivity index (χ4v) is 4.54. The van der Waals surface area contributed by atoms with E-state index in [0.717, 1.165) is 39.0 Å². The summed E-state index contributed by atoms with van der Waals surface area (Å²) in [5.74, 6) is 1.37. The standard InChI is InChI=1S/C24H25N3O3S/c1-5-30-23(28)21-16(3)27-22(25-14-17-9-11-19(29-4)12-10-17)20(26-24(27)31-21)18-8-6-7-15(2)13-18/h6-13,25H,5,14H2,1-4H3. The molecule has 0 saturated carbocycles. The summed E-state index contributed by atoms with van der Waals surface area (Å²) in [6.45, 7) is 6.76. The van der Waals surface area contributed by atoms with Crippen molar-refractivity contribution in [2.24, 2.45) is 0 Å². The third-order valence-electron chi connectivity index (χ3n) is 5.08. The first-order valence-electron chi connectivity index (χ1n) is 10.1. The summed E-state index contributed by atoms with van der Waals surface area (Å²) >= 11 is 1.35. The van der Waals surface area contributed by atoms with E-state index < -0.39 is 0 Å². The molecule has 0 saturated heterocycles. The third-order valence-corrected chi connectivity index (χ3v) is 6.20. The van der Waals surface area contributed by atoms with Crippen LogP contribution in [0.25, 0.3) is 16.2 Å². The van der Waals surface area contributed by atoms with Gasteiger partial charge in [0.25, 0.3) is 0 Å². The highest BCUT2D eigenvalue weighted by Gasteiger charge is 2.23. The Morgan fingerprint density at radius 1 is 1.16 bits per heavy atom. The summed E-state index contributed by atoms with van der Waals surface area (Å²) in [4.78, 5) is 18.6. The Kier molecular flexibility index (Phi) is 5.95. The highest BCUT2D eigenvalue weighted by molar-refractivity contribution is 7.19. The minimum atomic E-state index is -0.311. The maximum atomic E-state index is 12.4. The van der Waals surface area contributed by atoms with Gasteiger partial charge >= 0.3 is 5.97 Å². The van der Waals surface area contributed by atoms with E-state index in [1.54, 1.807) is 7.11 Å². The molecule has 0 spiro atoms. The second kappa shape index (κ2) is 8.81. The van der Waals surface area contributed by atoms with Gasteiger partial charge in [0.15, 0.2) is 4.96 Å². The number of benzene rings is 2. The van der Waals surface area contributed by atoms with Gasteiger partial charge in [-0.3, -0.25) is 4.40 Å². The van der Waals surface area contributed by atoms with Crippen LogP contribution in [0.1, 0.15) is 33.4 Å². The van der Waals surface area contributed by atoms with E-state index >= 15 is 0 Å². The number of nitrogens with zero attached hydrogens (tertiary/aromatic N) is 2.